The molecule has 14 heavy (non-hydrogen) atoms. The van der Waals surface area contributed by atoms with Gasteiger partial charge in [-0.25, -0.2) is 0 Å². The van der Waals surface area contributed by atoms with E-state index in [0.717, 1.165) is 32.9 Å². The second kappa shape index (κ2) is 4.51. The highest BCUT2D eigenvalue weighted by Crippen LogP contribution is 2.21. The lowest BCUT2D eigenvalue weighted by Gasteiger charge is -2.16. The summed E-state index contributed by atoms with van der Waals surface area (Å²) in [6.07, 6.45) is 1.21. The highest BCUT2D eigenvalue weighted by Gasteiger charge is 2.13. The van der Waals surface area contributed by atoms with Gasteiger partial charge in [-0.15, -0.1) is 0 Å². The quantitative estimate of drug-likeness (QED) is 0.656. The molecule has 0 spiro atoms. The second-order valence-electron chi connectivity index (χ2n) is 3.73. The van der Waals surface area contributed by atoms with E-state index in [4.69, 9.17) is 4.74 Å². The van der Waals surface area contributed by atoms with Crippen LogP contribution in [0.1, 0.15) is 12.5 Å². The molecule has 74 valence electrons. The Balaban J connectivity index is 2.14. The number of benzene rings is 1. The molecular weight excluding hydrogens is 173 g/mol. The van der Waals surface area contributed by atoms with Gasteiger partial charge in [0.2, 0.25) is 7.41 Å². The largest absolute Gasteiger partial charge is 0.492 e. The number of fused-ring (bicyclic) bond motifs is 1. The highest BCUT2D eigenvalue weighted by atomic mass is 16.5. The number of hydrogen-bond acceptors (Lipinski definition) is 2. The molecule has 1 aliphatic rings. The van der Waals surface area contributed by atoms with Crippen LogP contribution in [0, 0.1) is 0 Å². The van der Waals surface area contributed by atoms with E-state index in [1.54, 1.807) is 0 Å². The van der Waals surface area contributed by atoms with E-state index in [1.807, 2.05) is 6.07 Å². The predicted octanol–water partition coefficient (Wildman–Crippen LogP) is 1.67. The van der Waals surface area contributed by atoms with Gasteiger partial charge in [0.1, 0.15) is 5.75 Å². The molecule has 3 heteroatoms. The SMILES string of the molecule is CCBN1CCOc2ccccc2C1. The van der Waals surface area contributed by atoms with Gasteiger partial charge in [0, 0.05) is 18.7 Å². The first-order valence-electron chi connectivity index (χ1n) is 5.33. The Hall–Kier alpha value is -0.955. The molecule has 1 aromatic carbocycles. The van der Waals surface area contributed by atoms with Crippen molar-refractivity contribution in [3.05, 3.63) is 29.8 Å². The van der Waals surface area contributed by atoms with E-state index in [9.17, 15) is 0 Å². The van der Waals surface area contributed by atoms with Crippen LogP contribution in [-0.2, 0) is 6.54 Å². The zero-order valence-corrected chi connectivity index (χ0v) is 8.70. The van der Waals surface area contributed by atoms with E-state index in [2.05, 4.69) is 29.9 Å². The molecule has 0 atom stereocenters. The molecule has 0 fully saturated rings. The summed E-state index contributed by atoms with van der Waals surface area (Å²) in [5.41, 5.74) is 1.32. The van der Waals surface area contributed by atoms with Gasteiger partial charge in [0.25, 0.3) is 0 Å². The third-order valence-electron chi connectivity index (χ3n) is 2.57. The molecular formula is C11H16BNO. The van der Waals surface area contributed by atoms with Crippen LogP contribution in [0.4, 0.5) is 0 Å². The Labute approximate surface area is 86.1 Å². The molecule has 0 saturated carbocycles. The van der Waals surface area contributed by atoms with Crippen molar-refractivity contribution in [2.75, 3.05) is 13.2 Å². The molecule has 0 aromatic heterocycles. The van der Waals surface area contributed by atoms with Crippen LogP contribution >= 0.6 is 0 Å². The molecule has 2 rings (SSSR count). The van der Waals surface area contributed by atoms with Gasteiger partial charge < -0.3 is 9.55 Å². The molecule has 0 amide bonds. The van der Waals surface area contributed by atoms with Crippen molar-refractivity contribution < 1.29 is 4.74 Å². The lowest BCUT2D eigenvalue weighted by Crippen LogP contribution is -2.28. The van der Waals surface area contributed by atoms with Crippen LogP contribution in [0.3, 0.4) is 0 Å². The van der Waals surface area contributed by atoms with Gasteiger partial charge in [-0.05, 0) is 6.07 Å². The minimum absolute atomic E-state index is 0.816. The van der Waals surface area contributed by atoms with Crippen LogP contribution in [0.2, 0.25) is 6.32 Å². The van der Waals surface area contributed by atoms with Crippen LogP contribution in [0.25, 0.3) is 0 Å². The zero-order chi connectivity index (χ0) is 9.80. The minimum atomic E-state index is 0.816. The Bertz CT molecular complexity index is 303. The maximum Gasteiger partial charge on any atom is 0.204 e. The van der Waals surface area contributed by atoms with Gasteiger partial charge >= 0.3 is 0 Å². The summed E-state index contributed by atoms with van der Waals surface area (Å²) in [7, 11) is 1.16. The van der Waals surface area contributed by atoms with Crippen molar-refractivity contribution in [3.63, 3.8) is 0 Å². The molecule has 1 heterocycles. The maximum atomic E-state index is 5.68. The predicted molar refractivity (Wildman–Crippen MR) is 60.0 cm³/mol. The molecule has 0 N–H and O–H groups in total. The smallest absolute Gasteiger partial charge is 0.204 e. The maximum absolute atomic E-state index is 5.68. The lowest BCUT2D eigenvalue weighted by molar-refractivity contribution is 0.295. The Morgan fingerprint density at radius 2 is 2.29 bits per heavy atom. The molecule has 0 aliphatic carbocycles. The van der Waals surface area contributed by atoms with Crippen LogP contribution in [-0.4, -0.2) is 25.4 Å². The van der Waals surface area contributed by atoms with Gasteiger partial charge in [0.15, 0.2) is 0 Å². The minimum Gasteiger partial charge on any atom is -0.492 e. The van der Waals surface area contributed by atoms with E-state index in [1.165, 1.54) is 11.9 Å². The van der Waals surface area contributed by atoms with E-state index in [0.29, 0.717) is 0 Å². The summed E-state index contributed by atoms with van der Waals surface area (Å²) >= 11 is 0. The Morgan fingerprint density at radius 1 is 1.43 bits per heavy atom. The van der Waals surface area contributed by atoms with Crippen molar-refractivity contribution in [2.45, 2.75) is 19.8 Å². The average Bonchev–Trinajstić information content (AvgIpc) is 2.40. The molecule has 1 aromatic rings. The summed E-state index contributed by atoms with van der Waals surface area (Å²) < 4.78 is 5.68. The first-order valence-corrected chi connectivity index (χ1v) is 5.33. The zero-order valence-electron chi connectivity index (χ0n) is 8.70. The second-order valence-corrected chi connectivity index (χ2v) is 3.73. The summed E-state index contributed by atoms with van der Waals surface area (Å²) in [6.45, 7) is 5.11. The Morgan fingerprint density at radius 3 is 3.14 bits per heavy atom. The average molecular weight is 189 g/mol. The van der Waals surface area contributed by atoms with Crippen molar-refractivity contribution in [3.8, 4) is 5.75 Å². The van der Waals surface area contributed by atoms with E-state index in [-0.39, 0.29) is 0 Å². The molecule has 0 saturated heterocycles. The normalized spacial score (nSPS) is 16.6. The first-order chi connectivity index (χ1) is 6.90. The summed E-state index contributed by atoms with van der Waals surface area (Å²) in [6, 6.07) is 8.33. The standard InChI is InChI=1S/C11H16BNO/c1-2-12-13-7-8-14-11-6-4-3-5-10(11)9-13/h3-6,12H,2,7-9H2,1H3. The number of ether oxygens (including phenoxy) is 1. The van der Waals surface area contributed by atoms with Gasteiger partial charge in [0.05, 0.1) is 6.61 Å². The lowest BCUT2D eigenvalue weighted by atomic mass is 9.87. The Kier molecular flexibility index (Phi) is 3.09. The number of para-hydroxylation sites is 1. The van der Waals surface area contributed by atoms with Crippen LogP contribution in [0.5, 0.6) is 5.75 Å². The molecule has 0 bridgehead atoms. The van der Waals surface area contributed by atoms with Crippen molar-refractivity contribution in [2.24, 2.45) is 0 Å². The monoisotopic (exact) mass is 189 g/mol. The van der Waals surface area contributed by atoms with Gasteiger partial charge in [-0.2, -0.15) is 0 Å². The number of hydrogen-bond donors (Lipinski definition) is 0. The number of rotatable bonds is 2. The van der Waals surface area contributed by atoms with Gasteiger partial charge in [-0.3, -0.25) is 0 Å². The van der Waals surface area contributed by atoms with E-state index >= 15 is 0 Å². The highest BCUT2D eigenvalue weighted by molar-refractivity contribution is 6.31. The molecule has 0 radical (unpaired) electrons. The van der Waals surface area contributed by atoms with Gasteiger partial charge in [-0.1, -0.05) is 31.4 Å². The topological polar surface area (TPSA) is 12.5 Å². The van der Waals surface area contributed by atoms with Crippen molar-refractivity contribution in [1.82, 2.24) is 4.81 Å². The van der Waals surface area contributed by atoms with Crippen LogP contribution < -0.4 is 4.74 Å². The molecule has 2 nitrogen and oxygen atoms in total. The first kappa shape index (κ1) is 9.59. The fourth-order valence-corrected chi connectivity index (χ4v) is 1.89. The molecule has 0 unspecified atom stereocenters. The summed E-state index contributed by atoms with van der Waals surface area (Å²) in [5.74, 6) is 1.06. The molecule has 1 aliphatic heterocycles. The fraction of sp³-hybridized carbons (Fsp3) is 0.455. The number of nitrogens with zero attached hydrogens (tertiary/aromatic N) is 1. The third-order valence-corrected chi connectivity index (χ3v) is 2.57. The van der Waals surface area contributed by atoms with Crippen LogP contribution in [0.15, 0.2) is 24.3 Å². The summed E-state index contributed by atoms with van der Waals surface area (Å²) in [5, 5.41) is 0. The fourth-order valence-electron chi connectivity index (χ4n) is 1.89. The summed E-state index contributed by atoms with van der Waals surface area (Å²) in [4.78, 5) is 2.45. The van der Waals surface area contributed by atoms with E-state index < -0.39 is 0 Å². The van der Waals surface area contributed by atoms with Crippen molar-refractivity contribution >= 4 is 7.41 Å². The third kappa shape index (κ3) is 2.10. The van der Waals surface area contributed by atoms with Crippen molar-refractivity contribution in [1.29, 1.82) is 0 Å².